The lowest BCUT2D eigenvalue weighted by molar-refractivity contribution is -0.146. The molecule has 13 heteroatoms. The Kier molecular flexibility index (Phi) is 11.8. The predicted octanol–water partition coefficient (Wildman–Crippen LogP) is 7.30. The normalized spacial score (nSPS) is 23.2. The van der Waals surface area contributed by atoms with E-state index in [4.69, 9.17) is 9.47 Å². The predicted molar refractivity (Wildman–Crippen MR) is 246 cm³/mol. The van der Waals surface area contributed by atoms with Crippen LogP contribution in [0.3, 0.4) is 0 Å². The Hall–Kier alpha value is -5.63. The number of benzene rings is 4. The fourth-order valence-corrected chi connectivity index (χ4v) is 15.0. The number of nitrogens with zero attached hydrogens (tertiary/aromatic N) is 6. The van der Waals surface area contributed by atoms with Crippen LogP contribution in [0.25, 0.3) is 0 Å². The molecule has 5 atom stereocenters. The van der Waals surface area contributed by atoms with E-state index in [9.17, 15) is 14.7 Å². The summed E-state index contributed by atoms with van der Waals surface area (Å²) in [6.07, 6.45) is 6.82. The maximum absolute atomic E-state index is 15.8. The summed E-state index contributed by atoms with van der Waals surface area (Å²) in [4.78, 5) is 47.7. The van der Waals surface area contributed by atoms with Crippen LogP contribution in [0.15, 0.2) is 103 Å². The first-order chi connectivity index (χ1) is 30.5. The molecule has 0 aliphatic carbocycles. The van der Waals surface area contributed by atoms with Crippen molar-refractivity contribution in [1.29, 1.82) is 0 Å². The van der Waals surface area contributed by atoms with Gasteiger partial charge in [-0.25, -0.2) is 0 Å². The molecule has 3 saturated heterocycles. The Balaban J connectivity index is 1.11. The minimum atomic E-state index is -2.47. The molecule has 1 unspecified atom stereocenters. The highest BCUT2D eigenvalue weighted by atomic mass is 28.3. The molecule has 4 aliphatic rings. The lowest BCUT2D eigenvalue weighted by atomic mass is 9.82. The monoisotopic (exact) mass is 866 g/mol. The highest BCUT2D eigenvalue weighted by Gasteiger charge is 2.66. The number of amides is 3. The Morgan fingerprint density at radius 3 is 2.22 bits per heavy atom. The van der Waals surface area contributed by atoms with Crippen LogP contribution in [-0.4, -0.2) is 78.8 Å². The van der Waals surface area contributed by atoms with Gasteiger partial charge in [-0.05, 0) is 91.2 Å². The number of ether oxygens (including phenoxy) is 2. The Morgan fingerprint density at radius 2 is 1.56 bits per heavy atom. The van der Waals surface area contributed by atoms with Crippen molar-refractivity contribution in [3.63, 3.8) is 0 Å². The van der Waals surface area contributed by atoms with Gasteiger partial charge in [-0.3, -0.25) is 19.1 Å². The number of methoxy groups -OCH3 is 1. The molecule has 3 amide bonds. The van der Waals surface area contributed by atoms with Gasteiger partial charge in [0.2, 0.25) is 11.8 Å². The van der Waals surface area contributed by atoms with Gasteiger partial charge in [0.15, 0.2) is 5.60 Å². The van der Waals surface area contributed by atoms with Crippen LogP contribution in [0, 0.1) is 5.92 Å². The van der Waals surface area contributed by atoms with Crippen molar-refractivity contribution in [2.75, 3.05) is 41.5 Å². The van der Waals surface area contributed by atoms with Gasteiger partial charge in [-0.15, -0.1) is 5.10 Å². The number of aliphatic hydroxyl groups is 1. The first kappa shape index (κ1) is 42.7. The van der Waals surface area contributed by atoms with Crippen molar-refractivity contribution in [2.24, 2.45) is 5.92 Å². The van der Waals surface area contributed by atoms with Gasteiger partial charge in [-0.2, -0.15) is 0 Å². The van der Waals surface area contributed by atoms with Crippen LogP contribution in [0.5, 0.6) is 5.75 Å². The molecule has 1 spiro atoms. The van der Waals surface area contributed by atoms with Gasteiger partial charge in [-0.1, -0.05) is 85.0 Å². The minimum Gasteiger partial charge on any atom is -0.497 e. The average molecular weight is 867 g/mol. The maximum Gasteiger partial charge on any atom is 0.264 e. The first-order valence-electron chi connectivity index (χ1n) is 22.6. The van der Waals surface area contributed by atoms with E-state index in [0.29, 0.717) is 51.1 Å². The highest BCUT2D eigenvalue weighted by molar-refractivity contribution is 6.91. The van der Waals surface area contributed by atoms with E-state index in [1.165, 1.54) is 5.19 Å². The number of aliphatic hydroxyl groups excluding tert-OH is 1. The fourth-order valence-electron chi connectivity index (χ4n) is 11.0. The molecule has 328 valence electrons. The second-order valence-electron chi connectivity index (χ2n) is 18.3. The molecule has 63 heavy (non-hydrogen) atoms. The summed E-state index contributed by atoms with van der Waals surface area (Å²) in [6, 6.07) is 32.2. The molecule has 0 radical (unpaired) electrons. The quantitative estimate of drug-likeness (QED) is 0.122. The number of hydrogen-bond donors (Lipinski definition) is 1. The summed E-state index contributed by atoms with van der Waals surface area (Å²) in [5.41, 5.74) is 4.43. The molecule has 3 fully saturated rings. The largest absolute Gasteiger partial charge is 0.497 e. The van der Waals surface area contributed by atoms with Crippen LogP contribution in [0.2, 0.25) is 18.6 Å². The number of fused-ring (bicyclic) bond motifs is 2. The molecule has 1 aromatic heterocycles. The van der Waals surface area contributed by atoms with Crippen LogP contribution < -0.4 is 24.6 Å². The molecule has 5 heterocycles. The highest BCUT2D eigenvalue weighted by Crippen LogP contribution is 2.60. The Labute approximate surface area is 370 Å². The summed E-state index contributed by atoms with van der Waals surface area (Å²) in [5, 5.41) is 20.7. The zero-order valence-electron chi connectivity index (χ0n) is 36.8. The molecule has 1 N–H and O–H groups in total. The van der Waals surface area contributed by atoms with Crippen molar-refractivity contribution in [1.82, 2.24) is 15.0 Å². The molecular formula is C50H58N6O6Si. The lowest BCUT2D eigenvalue weighted by Gasteiger charge is -2.37. The number of rotatable bonds is 13. The molecule has 12 nitrogen and oxygen atoms in total. The second-order valence-corrected chi connectivity index (χ2v) is 23.0. The minimum absolute atomic E-state index is 0.0196. The number of anilines is 3. The molecular weight excluding hydrogens is 809 g/mol. The molecule has 4 aliphatic heterocycles. The zero-order valence-corrected chi connectivity index (χ0v) is 37.8. The Bertz CT molecular complexity index is 2480. The second kappa shape index (κ2) is 17.5. The lowest BCUT2D eigenvalue weighted by Crippen LogP contribution is -2.51. The molecule has 5 aromatic rings. The number of aryl methyl sites for hydroxylation is 1. The summed E-state index contributed by atoms with van der Waals surface area (Å²) in [7, 11) is -0.798. The van der Waals surface area contributed by atoms with E-state index < -0.39 is 13.7 Å². The van der Waals surface area contributed by atoms with E-state index >= 15 is 4.79 Å². The van der Waals surface area contributed by atoms with Crippen molar-refractivity contribution in [2.45, 2.75) is 101 Å². The number of hydrogen-bond acceptors (Lipinski definition) is 8. The third kappa shape index (κ3) is 7.78. The van der Waals surface area contributed by atoms with E-state index in [0.717, 1.165) is 65.2 Å². The molecule has 9 rings (SSSR count). The van der Waals surface area contributed by atoms with Gasteiger partial charge in [0.05, 0.1) is 51.7 Å². The van der Waals surface area contributed by atoms with Crippen LogP contribution >= 0.6 is 0 Å². The van der Waals surface area contributed by atoms with Gasteiger partial charge >= 0.3 is 0 Å². The van der Waals surface area contributed by atoms with Gasteiger partial charge < -0.3 is 29.3 Å². The average Bonchev–Trinajstić information content (AvgIpc) is 3.96. The number of piperidine rings is 2. The molecule has 0 bridgehead atoms. The zero-order chi connectivity index (χ0) is 43.9. The fraction of sp³-hybridized carbons (Fsp3) is 0.420. The van der Waals surface area contributed by atoms with E-state index in [1.54, 1.807) is 7.11 Å². The van der Waals surface area contributed by atoms with E-state index in [2.05, 4.69) is 48.5 Å². The summed E-state index contributed by atoms with van der Waals surface area (Å²) >= 11 is 0. The third-order valence-electron chi connectivity index (χ3n) is 14.3. The van der Waals surface area contributed by atoms with Gasteiger partial charge in [0.1, 0.15) is 5.75 Å². The maximum atomic E-state index is 15.8. The number of carbonyl (C=O) groups excluding carboxylic acids is 3. The van der Waals surface area contributed by atoms with E-state index in [1.807, 2.05) is 104 Å². The first-order valence-corrected chi connectivity index (χ1v) is 25.7. The van der Waals surface area contributed by atoms with Gasteiger partial charge in [0, 0.05) is 61.5 Å². The van der Waals surface area contributed by atoms with Crippen LogP contribution in [-0.2, 0) is 37.8 Å². The van der Waals surface area contributed by atoms with Crippen molar-refractivity contribution < 1.29 is 29.0 Å². The van der Waals surface area contributed by atoms with Gasteiger partial charge in [0.25, 0.3) is 5.91 Å². The topological polar surface area (TPSA) is 130 Å². The Morgan fingerprint density at radius 1 is 0.857 bits per heavy atom. The third-order valence-corrected chi connectivity index (χ3v) is 18.6. The molecule has 0 saturated carbocycles. The summed E-state index contributed by atoms with van der Waals surface area (Å²) in [5.74, 6) is 0.328. The van der Waals surface area contributed by atoms with Crippen molar-refractivity contribution in [3.05, 3.63) is 126 Å². The molecule has 4 aromatic carbocycles. The number of carbonyl (C=O) groups is 3. The summed E-state index contributed by atoms with van der Waals surface area (Å²) < 4.78 is 14.9. The van der Waals surface area contributed by atoms with Crippen LogP contribution in [0.1, 0.15) is 80.2 Å². The SMILES string of the molecule is COc1ccc([Si](C)(C)[C@@H]2[C@@H](CCn3cc(C(CO)c4ccccc4)nn3)O[C@]3(C(=O)N(Cc4cccc(N5CCCCC5=O)c4)c4ccc(N5CCCCC5=O)cc43)[C@H]2C)cc1. The smallest absolute Gasteiger partial charge is 0.264 e. The van der Waals surface area contributed by atoms with Crippen LogP contribution in [0.4, 0.5) is 17.1 Å². The standard InChI is InChI=1S/C50H58N6O6Si/c1-34-48(63(3,4)40-22-20-39(61-2)21-23-40)45(25-28-53-32-43(51-52-53)41(33-57)36-14-6-5-7-15-36)62-50(34)42-30-38(55-27-11-9-18-47(55)59)19-24-44(42)56(49(50)60)31-35-13-12-16-37(29-35)54-26-10-8-17-46(54)58/h5-7,12-16,19-24,29-30,32,34,41,45,48,57H,8-11,17-18,25-28,31,33H2,1-4H3/t34-,41?,45+,48-,50+/m0/s1. The van der Waals surface area contributed by atoms with Crippen molar-refractivity contribution in [3.8, 4) is 5.75 Å². The van der Waals surface area contributed by atoms with Crippen molar-refractivity contribution >= 4 is 48.0 Å². The van der Waals surface area contributed by atoms with E-state index in [-0.39, 0.29) is 47.8 Å². The summed E-state index contributed by atoms with van der Waals surface area (Å²) in [6.45, 7) is 8.94. The number of aromatic nitrogens is 3.